The van der Waals surface area contributed by atoms with Crippen molar-refractivity contribution in [3.05, 3.63) is 71.9 Å². The van der Waals surface area contributed by atoms with Crippen molar-refractivity contribution < 1.29 is 22.5 Å². The minimum Gasteiger partial charge on any atom is -0.461 e. The van der Waals surface area contributed by atoms with E-state index in [9.17, 15) is 13.6 Å². The molecular formula is C19H14F2N4O3. The molecule has 3 heterocycles. The first-order valence-electron chi connectivity index (χ1n) is 8.28. The maximum absolute atomic E-state index is 14.1. The number of nitrogens with two attached hydrogens (primary N) is 1. The van der Waals surface area contributed by atoms with Crippen molar-refractivity contribution >= 4 is 5.91 Å². The van der Waals surface area contributed by atoms with E-state index in [2.05, 4.69) is 10.3 Å². The fourth-order valence-electron chi connectivity index (χ4n) is 2.96. The molecule has 1 amide bonds. The summed E-state index contributed by atoms with van der Waals surface area (Å²) in [6.07, 6.45) is 4.52. The zero-order valence-corrected chi connectivity index (χ0v) is 14.6. The minimum absolute atomic E-state index is 0.0773. The second kappa shape index (κ2) is 6.76. The van der Waals surface area contributed by atoms with Gasteiger partial charge in [-0.3, -0.25) is 9.48 Å². The van der Waals surface area contributed by atoms with Gasteiger partial charge >= 0.3 is 0 Å². The molecule has 0 aliphatic carbocycles. The van der Waals surface area contributed by atoms with Crippen LogP contribution in [0.4, 0.5) is 8.78 Å². The molecule has 1 unspecified atom stereocenters. The van der Waals surface area contributed by atoms with E-state index in [1.807, 2.05) is 0 Å². The molecule has 0 fully saturated rings. The molecule has 28 heavy (non-hydrogen) atoms. The fraction of sp³-hybridized carbons (Fsp3) is 0.105. The number of nitrogens with zero attached hydrogens (tertiary/aromatic N) is 3. The number of amides is 1. The van der Waals surface area contributed by atoms with Crippen molar-refractivity contribution in [2.45, 2.75) is 13.0 Å². The van der Waals surface area contributed by atoms with Crippen molar-refractivity contribution in [2.75, 3.05) is 0 Å². The first kappa shape index (κ1) is 17.7. The average molecular weight is 384 g/mol. The third kappa shape index (κ3) is 2.96. The Kier molecular flexibility index (Phi) is 4.26. The Bertz CT molecular complexity index is 1150. The summed E-state index contributed by atoms with van der Waals surface area (Å²) in [5.74, 6) is -1.53. The van der Waals surface area contributed by atoms with Gasteiger partial charge in [0.2, 0.25) is 5.76 Å². The minimum atomic E-state index is -0.776. The summed E-state index contributed by atoms with van der Waals surface area (Å²) in [4.78, 5) is 11.8. The average Bonchev–Trinajstić information content (AvgIpc) is 3.39. The molecule has 1 atom stereocenters. The highest BCUT2D eigenvalue weighted by Gasteiger charge is 2.26. The molecule has 0 saturated carbocycles. The van der Waals surface area contributed by atoms with E-state index >= 15 is 0 Å². The topological polar surface area (TPSA) is 100 Å². The summed E-state index contributed by atoms with van der Waals surface area (Å²) in [5.41, 5.74) is 6.40. The number of rotatable bonds is 5. The smallest absolute Gasteiger partial charge is 0.271 e. The molecule has 9 heteroatoms. The molecule has 0 aliphatic rings. The maximum Gasteiger partial charge on any atom is 0.271 e. The lowest BCUT2D eigenvalue weighted by Crippen LogP contribution is -2.12. The van der Waals surface area contributed by atoms with Crippen LogP contribution in [0, 0.1) is 11.6 Å². The SMILES string of the molecule is CC(c1ccc(F)cc1F)n1cc(-c2c(C(N)=O)noc2-c2ccco2)cn1. The van der Waals surface area contributed by atoms with Crippen LogP contribution in [0.25, 0.3) is 22.6 Å². The van der Waals surface area contributed by atoms with Gasteiger partial charge in [0.05, 0.1) is 24.1 Å². The van der Waals surface area contributed by atoms with Crippen LogP contribution in [0.3, 0.4) is 0 Å². The summed E-state index contributed by atoms with van der Waals surface area (Å²) in [7, 11) is 0. The van der Waals surface area contributed by atoms with Crippen LogP contribution >= 0.6 is 0 Å². The van der Waals surface area contributed by atoms with Crippen molar-refractivity contribution in [2.24, 2.45) is 5.73 Å². The first-order chi connectivity index (χ1) is 13.5. The van der Waals surface area contributed by atoms with E-state index in [0.29, 0.717) is 16.9 Å². The summed E-state index contributed by atoms with van der Waals surface area (Å²) in [6, 6.07) is 6.14. The van der Waals surface area contributed by atoms with Crippen LogP contribution in [0.2, 0.25) is 0 Å². The Balaban J connectivity index is 1.77. The number of benzene rings is 1. The molecule has 1 aromatic carbocycles. The Morgan fingerprint density at radius 1 is 1.29 bits per heavy atom. The van der Waals surface area contributed by atoms with E-state index in [1.165, 1.54) is 29.3 Å². The number of primary amides is 1. The lowest BCUT2D eigenvalue weighted by Gasteiger charge is -2.13. The van der Waals surface area contributed by atoms with E-state index in [-0.39, 0.29) is 17.0 Å². The van der Waals surface area contributed by atoms with E-state index < -0.39 is 23.6 Å². The molecule has 7 nitrogen and oxygen atoms in total. The number of carbonyl (C=O) groups is 1. The normalized spacial score (nSPS) is 12.2. The number of hydrogen-bond acceptors (Lipinski definition) is 5. The van der Waals surface area contributed by atoms with Crippen LogP contribution in [0.1, 0.15) is 29.0 Å². The van der Waals surface area contributed by atoms with Crippen LogP contribution in [0.15, 0.2) is 57.9 Å². The number of furan rings is 1. The quantitative estimate of drug-likeness (QED) is 0.564. The number of hydrogen-bond donors (Lipinski definition) is 1. The Labute approximate surface area is 157 Å². The largest absolute Gasteiger partial charge is 0.461 e. The molecule has 0 radical (unpaired) electrons. The Morgan fingerprint density at radius 2 is 2.11 bits per heavy atom. The van der Waals surface area contributed by atoms with Gasteiger partial charge in [0.25, 0.3) is 5.91 Å². The van der Waals surface area contributed by atoms with Gasteiger partial charge in [-0.05, 0) is 25.1 Å². The molecule has 4 rings (SSSR count). The van der Waals surface area contributed by atoms with Gasteiger partial charge in [-0.2, -0.15) is 5.10 Å². The Hall–Kier alpha value is -3.75. The van der Waals surface area contributed by atoms with E-state index in [4.69, 9.17) is 14.7 Å². The number of aromatic nitrogens is 3. The van der Waals surface area contributed by atoms with Crippen LogP contribution < -0.4 is 5.73 Å². The van der Waals surface area contributed by atoms with Crippen LogP contribution in [0.5, 0.6) is 0 Å². The summed E-state index contributed by atoms with van der Waals surface area (Å²) in [6.45, 7) is 1.71. The van der Waals surface area contributed by atoms with Gasteiger partial charge in [-0.25, -0.2) is 8.78 Å². The summed E-state index contributed by atoms with van der Waals surface area (Å²) >= 11 is 0. The highest BCUT2D eigenvalue weighted by atomic mass is 19.1. The predicted molar refractivity (Wildman–Crippen MR) is 94.1 cm³/mol. The van der Waals surface area contributed by atoms with Gasteiger partial charge in [0.1, 0.15) is 11.6 Å². The highest BCUT2D eigenvalue weighted by Crippen LogP contribution is 2.35. The standard InChI is InChI=1S/C19H14F2N4O3/c1-10(13-5-4-12(20)7-14(13)21)25-9-11(8-23-25)16-17(19(22)26)24-28-18(16)15-3-2-6-27-15/h2-10H,1H3,(H2,22,26). The number of halogens is 2. The monoisotopic (exact) mass is 384 g/mol. The summed E-state index contributed by atoms with van der Waals surface area (Å²) in [5, 5.41) is 7.97. The molecular weight excluding hydrogens is 370 g/mol. The maximum atomic E-state index is 14.1. The van der Waals surface area contributed by atoms with Gasteiger partial charge in [0, 0.05) is 23.4 Å². The third-order valence-corrected chi connectivity index (χ3v) is 4.37. The molecule has 0 aliphatic heterocycles. The Morgan fingerprint density at radius 3 is 2.79 bits per heavy atom. The van der Waals surface area contributed by atoms with Gasteiger partial charge in [-0.1, -0.05) is 11.2 Å². The molecule has 2 N–H and O–H groups in total. The van der Waals surface area contributed by atoms with E-state index in [1.54, 1.807) is 25.3 Å². The third-order valence-electron chi connectivity index (χ3n) is 4.37. The van der Waals surface area contributed by atoms with Crippen molar-refractivity contribution in [1.29, 1.82) is 0 Å². The predicted octanol–water partition coefficient (Wildman–Crippen LogP) is 3.78. The zero-order chi connectivity index (χ0) is 19.8. The van der Waals surface area contributed by atoms with E-state index in [0.717, 1.165) is 6.07 Å². The first-order valence-corrected chi connectivity index (χ1v) is 8.28. The van der Waals surface area contributed by atoms with Gasteiger partial charge < -0.3 is 14.7 Å². The summed E-state index contributed by atoms with van der Waals surface area (Å²) < 4.78 is 39.3. The molecule has 142 valence electrons. The molecule has 0 bridgehead atoms. The number of carbonyl (C=O) groups excluding carboxylic acids is 1. The van der Waals surface area contributed by atoms with Crippen molar-refractivity contribution in [3.8, 4) is 22.6 Å². The van der Waals surface area contributed by atoms with Gasteiger partial charge in [0.15, 0.2) is 11.5 Å². The second-order valence-corrected chi connectivity index (χ2v) is 6.13. The molecule has 4 aromatic rings. The molecule has 0 saturated heterocycles. The lowest BCUT2D eigenvalue weighted by molar-refractivity contribution is 0.0992. The lowest BCUT2D eigenvalue weighted by atomic mass is 10.0. The second-order valence-electron chi connectivity index (χ2n) is 6.13. The van der Waals surface area contributed by atoms with Crippen molar-refractivity contribution in [1.82, 2.24) is 14.9 Å². The fourth-order valence-corrected chi connectivity index (χ4v) is 2.96. The van der Waals surface area contributed by atoms with Crippen LogP contribution in [-0.4, -0.2) is 20.8 Å². The van der Waals surface area contributed by atoms with Crippen molar-refractivity contribution in [3.63, 3.8) is 0 Å². The highest BCUT2D eigenvalue weighted by molar-refractivity contribution is 6.00. The van der Waals surface area contributed by atoms with Crippen LogP contribution in [-0.2, 0) is 0 Å². The molecule has 0 spiro atoms. The zero-order valence-electron chi connectivity index (χ0n) is 14.6. The molecule has 3 aromatic heterocycles. The van der Waals surface area contributed by atoms with Gasteiger partial charge in [-0.15, -0.1) is 0 Å².